The SMILES string of the molecule is CCNCC=Cc1ccccc1Br. The summed E-state index contributed by atoms with van der Waals surface area (Å²) in [5.74, 6) is 0. The van der Waals surface area contributed by atoms with Crippen molar-refractivity contribution in [2.75, 3.05) is 13.1 Å². The molecule has 0 radical (unpaired) electrons. The van der Waals surface area contributed by atoms with E-state index in [9.17, 15) is 0 Å². The predicted octanol–water partition coefficient (Wildman–Crippen LogP) is 3.07. The lowest BCUT2D eigenvalue weighted by Crippen LogP contribution is -2.11. The van der Waals surface area contributed by atoms with Crippen LogP contribution >= 0.6 is 15.9 Å². The maximum absolute atomic E-state index is 3.49. The molecular formula is C11H14BrN. The van der Waals surface area contributed by atoms with Gasteiger partial charge in [-0.2, -0.15) is 0 Å². The first-order valence-corrected chi connectivity index (χ1v) is 5.25. The molecule has 1 rings (SSSR count). The first-order chi connectivity index (χ1) is 6.34. The Balaban J connectivity index is 2.53. The standard InChI is InChI=1S/C11H14BrN/c1-2-13-9-5-7-10-6-3-4-8-11(10)12/h3-8,13H,2,9H2,1H3. The number of hydrogen-bond acceptors (Lipinski definition) is 1. The predicted molar refractivity (Wildman–Crippen MR) is 61.7 cm³/mol. The average molecular weight is 240 g/mol. The summed E-state index contributed by atoms with van der Waals surface area (Å²) in [5, 5.41) is 3.24. The second-order valence-electron chi connectivity index (χ2n) is 2.73. The van der Waals surface area contributed by atoms with Crippen LogP contribution in [-0.4, -0.2) is 13.1 Å². The van der Waals surface area contributed by atoms with Crippen molar-refractivity contribution in [2.24, 2.45) is 0 Å². The average Bonchev–Trinajstić information content (AvgIpc) is 2.15. The molecule has 0 aliphatic heterocycles. The van der Waals surface area contributed by atoms with Crippen LogP contribution in [0, 0.1) is 0 Å². The Bertz CT molecular complexity index is 281. The zero-order valence-electron chi connectivity index (χ0n) is 7.76. The normalized spacial score (nSPS) is 10.9. The quantitative estimate of drug-likeness (QED) is 0.797. The van der Waals surface area contributed by atoms with Gasteiger partial charge in [-0.05, 0) is 18.2 Å². The number of nitrogens with one attached hydrogen (secondary N) is 1. The number of hydrogen-bond donors (Lipinski definition) is 1. The van der Waals surface area contributed by atoms with Crippen LogP contribution in [0.2, 0.25) is 0 Å². The van der Waals surface area contributed by atoms with Gasteiger partial charge < -0.3 is 5.32 Å². The molecule has 0 fully saturated rings. The molecule has 0 atom stereocenters. The zero-order chi connectivity index (χ0) is 9.52. The molecular weight excluding hydrogens is 226 g/mol. The summed E-state index contributed by atoms with van der Waals surface area (Å²) in [6, 6.07) is 8.20. The Labute approximate surface area is 88.0 Å². The molecule has 0 unspecified atom stereocenters. The smallest absolute Gasteiger partial charge is 0.0247 e. The highest BCUT2D eigenvalue weighted by Crippen LogP contribution is 2.16. The zero-order valence-corrected chi connectivity index (χ0v) is 9.34. The number of benzene rings is 1. The Kier molecular flexibility index (Phi) is 4.79. The van der Waals surface area contributed by atoms with Gasteiger partial charge in [0.2, 0.25) is 0 Å². The maximum atomic E-state index is 3.49. The van der Waals surface area contributed by atoms with Crippen LogP contribution in [0.4, 0.5) is 0 Å². The molecule has 1 N–H and O–H groups in total. The van der Waals surface area contributed by atoms with Gasteiger partial charge in [-0.15, -0.1) is 0 Å². The molecule has 0 saturated heterocycles. The van der Waals surface area contributed by atoms with Crippen LogP contribution in [0.5, 0.6) is 0 Å². The molecule has 2 heteroatoms. The second kappa shape index (κ2) is 5.95. The van der Waals surface area contributed by atoms with Crippen molar-refractivity contribution in [1.82, 2.24) is 5.32 Å². The van der Waals surface area contributed by atoms with Gasteiger partial charge in [0, 0.05) is 11.0 Å². The number of rotatable bonds is 4. The Hall–Kier alpha value is -0.600. The fourth-order valence-electron chi connectivity index (χ4n) is 1.02. The highest BCUT2D eigenvalue weighted by molar-refractivity contribution is 9.10. The first kappa shape index (κ1) is 10.5. The van der Waals surface area contributed by atoms with Gasteiger partial charge in [0.15, 0.2) is 0 Å². The highest BCUT2D eigenvalue weighted by atomic mass is 79.9. The molecule has 0 aliphatic carbocycles. The molecule has 1 nitrogen and oxygen atoms in total. The van der Waals surface area contributed by atoms with Gasteiger partial charge in [-0.3, -0.25) is 0 Å². The van der Waals surface area contributed by atoms with Gasteiger partial charge in [0.25, 0.3) is 0 Å². The maximum Gasteiger partial charge on any atom is 0.0247 e. The van der Waals surface area contributed by atoms with Crippen LogP contribution in [0.1, 0.15) is 12.5 Å². The van der Waals surface area contributed by atoms with Gasteiger partial charge in [-0.25, -0.2) is 0 Å². The van der Waals surface area contributed by atoms with E-state index in [0.717, 1.165) is 17.6 Å². The van der Waals surface area contributed by atoms with Crippen LogP contribution in [0.15, 0.2) is 34.8 Å². The second-order valence-corrected chi connectivity index (χ2v) is 3.59. The van der Waals surface area contributed by atoms with E-state index in [1.54, 1.807) is 0 Å². The molecule has 0 saturated carbocycles. The third kappa shape index (κ3) is 3.75. The van der Waals surface area contributed by atoms with E-state index in [1.807, 2.05) is 18.2 Å². The molecule has 0 bridgehead atoms. The monoisotopic (exact) mass is 239 g/mol. The molecule has 70 valence electrons. The fourth-order valence-corrected chi connectivity index (χ4v) is 1.44. The highest BCUT2D eigenvalue weighted by Gasteiger charge is 1.91. The van der Waals surface area contributed by atoms with Gasteiger partial charge >= 0.3 is 0 Å². The molecule has 13 heavy (non-hydrogen) atoms. The van der Waals surface area contributed by atoms with E-state index in [2.05, 4.69) is 46.4 Å². The molecule has 1 aromatic rings. The van der Waals surface area contributed by atoms with E-state index < -0.39 is 0 Å². The fraction of sp³-hybridized carbons (Fsp3) is 0.273. The summed E-state index contributed by atoms with van der Waals surface area (Å²) in [4.78, 5) is 0. The Morgan fingerprint density at radius 2 is 2.15 bits per heavy atom. The Morgan fingerprint density at radius 1 is 1.38 bits per heavy atom. The van der Waals surface area contributed by atoms with Crippen molar-refractivity contribution in [2.45, 2.75) is 6.92 Å². The summed E-state index contributed by atoms with van der Waals surface area (Å²) in [5.41, 5.74) is 1.22. The van der Waals surface area contributed by atoms with E-state index in [0.29, 0.717) is 0 Å². The third-order valence-electron chi connectivity index (χ3n) is 1.71. The van der Waals surface area contributed by atoms with E-state index >= 15 is 0 Å². The van der Waals surface area contributed by atoms with E-state index in [1.165, 1.54) is 5.56 Å². The van der Waals surface area contributed by atoms with Crippen molar-refractivity contribution in [3.8, 4) is 0 Å². The minimum absolute atomic E-state index is 0.928. The Morgan fingerprint density at radius 3 is 2.85 bits per heavy atom. The van der Waals surface area contributed by atoms with Crippen LogP contribution in [0.25, 0.3) is 6.08 Å². The van der Waals surface area contributed by atoms with E-state index in [-0.39, 0.29) is 0 Å². The molecule has 0 spiro atoms. The largest absolute Gasteiger partial charge is 0.314 e. The number of likely N-dealkylation sites (N-methyl/N-ethyl adjacent to an activating group) is 1. The van der Waals surface area contributed by atoms with Crippen molar-refractivity contribution in [3.05, 3.63) is 40.4 Å². The van der Waals surface area contributed by atoms with Crippen LogP contribution in [-0.2, 0) is 0 Å². The minimum Gasteiger partial charge on any atom is -0.314 e. The summed E-state index contributed by atoms with van der Waals surface area (Å²) in [7, 11) is 0. The van der Waals surface area contributed by atoms with Gasteiger partial charge in [0.1, 0.15) is 0 Å². The first-order valence-electron chi connectivity index (χ1n) is 4.46. The molecule has 1 aromatic carbocycles. The summed E-state index contributed by atoms with van der Waals surface area (Å²) >= 11 is 3.49. The van der Waals surface area contributed by atoms with Crippen molar-refractivity contribution < 1.29 is 0 Å². The van der Waals surface area contributed by atoms with E-state index in [4.69, 9.17) is 0 Å². The molecule has 0 aromatic heterocycles. The van der Waals surface area contributed by atoms with Gasteiger partial charge in [0.05, 0.1) is 0 Å². The molecule has 0 heterocycles. The summed E-state index contributed by atoms with van der Waals surface area (Å²) in [6.07, 6.45) is 4.25. The lowest BCUT2D eigenvalue weighted by molar-refractivity contribution is 0.801. The van der Waals surface area contributed by atoms with Crippen molar-refractivity contribution >= 4 is 22.0 Å². The number of halogens is 1. The summed E-state index contributed by atoms with van der Waals surface area (Å²) in [6.45, 7) is 4.05. The lowest BCUT2D eigenvalue weighted by atomic mass is 10.2. The topological polar surface area (TPSA) is 12.0 Å². The lowest BCUT2D eigenvalue weighted by Gasteiger charge is -1.97. The third-order valence-corrected chi connectivity index (χ3v) is 2.44. The van der Waals surface area contributed by atoms with Crippen molar-refractivity contribution in [1.29, 1.82) is 0 Å². The summed E-state index contributed by atoms with van der Waals surface area (Å²) < 4.78 is 1.14. The molecule has 0 aliphatic rings. The molecule has 0 amide bonds. The minimum atomic E-state index is 0.928. The van der Waals surface area contributed by atoms with Crippen LogP contribution < -0.4 is 5.32 Å². The van der Waals surface area contributed by atoms with Crippen molar-refractivity contribution in [3.63, 3.8) is 0 Å². The van der Waals surface area contributed by atoms with Gasteiger partial charge in [-0.1, -0.05) is 53.2 Å². The van der Waals surface area contributed by atoms with Crippen LogP contribution in [0.3, 0.4) is 0 Å².